The number of hydrogen-bond acceptors (Lipinski definition) is 2. The Kier molecular flexibility index (Phi) is 3.17. The van der Waals surface area contributed by atoms with Crippen molar-refractivity contribution < 1.29 is 9.13 Å². The van der Waals surface area contributed by atoms with E-state index >= 15 is 0 Å². The van der Waals surface area contributed by atoms with Gasteiger partial charge in [-0.2, -0.15) is 0 Å². The largest absolute Gasteiger partial charge is 0.309 e. The molecule has 4 aromatic carbocycles. The van der Waals surface area contributed by atoms with Crippen LogP contribution in [0.5, 0.6) is 0 Å². The molecule has 4 heteroatoms. The van der Waals surface area contributed by atoms with E-state index in [1.807, 2.05) is 96.6 Å². The molecule has 0 bridgehead atoms. The van der Waals surface area contributed by atoms with Crippen LogP contribution in [0.4, 0.5) is 0 Å². The van der Waals surface area contributed by atoms with Gasteiger partial charge in [-0.15, -0.1) is 0 Å². The van der Waals surface area contributed by atoms with Gasteiger partial charge in [0.1, 0.15) is 0 Å². The second kappa shape index (κ2) is 5.45. The average Bonchev–Trinajstić information content (AvgIpc) is 3.21. The summed E-state index contributed by atoms with van der Waals surface area (Å²) in [6.45, 7) is 0. The summed E-state index contributed by atoms with van der Waals surface area (Å²) in [5.41, 5.74) is 0. The molecule has 0 fully saturated rings. The van der Waals surface area contributed by atoms with Crippen molar-refractivity contribution >= 4 is 57.9 Å². The molecular weight excluding hydrogens is 382 g/mol. The predicted octanol–water partition coefficient (Wildman–Crippen LogP) is 2.97. The zero-order valence-electron chi connectivity index (χ0n) is 14.9. The summed E-state index contributed by atoms with van der Waals surface area (Å²) in [7, 11) is -5.67. The van der Waals surface area contributed by atoms with Crippen molar-refractivity contribution in [3.05, 3.63) is 95.4 Å². The van der Waals surface area contributed by atoms with Gasteiger partial charge >= 0.3 is 0 Å². The van der Waals surface area contributed by atoms with Crippen LogP contribution in [0.2, 0.25) is 0 Å². The van der Waals surface area contributed by atoms with Gasteiger partial charge in [0.15, 0.2) is 14.3 Å². The van der Waals surface area contributed by atoms with E-state index in [1.54, 1.807) is 0 Å². The summed E-state index contributed by atoms with van der Waals surface area (Å²) in [6.07, 6.45) is 0. The van der Waals surface area contributed by atoms with Gasteiger partial charge in [0.05, 0.1) is 0 Å². The monoisotopic (exact) mass is 398 g/mol. The summed E-state index contributed by atoms with van der Waals surface area (Å²) >= 11 is 0. The third-order valence-corrected chi connectivity index (χ3v) is 11.4. The molecular formula is C24H16O2P2. The van der Waals surface area contributed by atoms with Crippen LogP contribution in [-0.4, -0.2) is 0 Å². The number of rotatable bonds is 2. The predicted molar refractivity (Wildman–Crippen MR) is 119 cm³/mol. The van der Waals surface area contributed by atoms with Gasteiger partial charge in [-0.05, 0) is 34.2 Å². The van der Waals surface area contributed by atoms with Crippen LogP contribution >= 0.6 is 14.3 Å². The van der Waals surface area contributed by atoms with E-state index in [1.165, 1.54) is 0 Å². The minimum absolute atomic E-state index is 0.844. The quantitative estimate of drug-likeness (QED) is 0.487. The van der Waals surface area contributed by atoms with Crippen LogP contribution in [0, 0.1) is 0 Å². The first-order valence-corrected chi connectivity index (χ1v) is 12.8. The minimum Gasteiger partial charge on any atom is -0.309 e. The second-order valence-electron chi connectivity index (χ2n) is 7.34. The topological polar surface area (TPSA) is 34.1 Å². The Morgan fingerprint density at radius 2 is 0.857 bits per heavy atom. The van der Waals surface area contributed by atoms with Crippen LogP contribution in [-0.2, 0) is 9.13 Å². The molecule has 2 aliphatic heterocycles. The molecule has 134 valence electrons. The Morgan fingerprint density at radius 1 is 0.464 bits per heavy atom. The van der Waals surface area contributed by atoms with E-state index in [2.05, 4.69) is 0 Å². The lowest BCUT2D eigenvalue weighted by Gasteiger charge is -2.14. The van der Waals surface area contributed by atoms with Crippen molar-refractivity contribution in [2.75, 3.05) is 0 Å². The molecule has 0 aromatic heterocycles. The summed E-state index contributed by atoms with van der Waals surface area (Å²) in [5.74, 6) is 3.85. The van der Waals surface area contributed by atoms with Crippen molar-refractivity contribution in [1.29, 1.82) is 0 Å². The summed E-state index contributed by atoms with van der Waals surface area (Å²) in [4.78, 5) is 0. The fourth-order valence-corrected chi connectivity index (χ4v) is 9.85. The Bertz CT molecular complexity index is 1390. The Labute approximate surface area is 162 Å². The van der Waals surface area contributed by atoms with E-state index in [4.69, 9.17) is 0 Å². The maximum Gasteiger partial charge on any atom is 0.165 e. The standard InChI is InChI=1S/C24H16O2P2/c25-27(19-7-3-1-4-8-19)15-17-12-14-22-24-18(11-13-21(27)23(17)24)16-28(22,26)20-9-5-2-6-10-20/h1-16H. The molecule has 2 aliphatic rings. The van der Waals surface area contributed by atoms with Crippen molar-refractivity contribution in [2.24, 2.45) is 0 Å². The van der Waals surface area contributed by atoms with E-state index in [0.29, 0.717) is 0 Å². The Hall–Kier alpha value is -2.66. The van der Waals surface area contributed by atoms with E-state index < -0.39 is 14.3 Å². The van der Waals surface area contributed by atoms with Crippen molar-refractivity contribution in [3.8, 4) is 0 Å². The molecule has 4 aromatic rings. The normalized spacial score (nSPS) is 24.1. The summed E-state index contributed by atoms with van der Waals surface area (Å²) < 4.78 is 28.1. The third-order valence-electron chi connectivity index (χ3n) is 5.82. The molecule has 0 saturated carbocycles. The molecule has 2 nitrogen and oxygen atoms in total. The minimum atomic E-state index is -2.83. The van der Waals surface area contributed by atoms with E-state index in [9.17, 15) is 9.13 Å². The highest BCUT2D eigenvalue weighted by Gasteiger charge is 2.37. The molecule has 0 radical (unpaired) electrons. The van der Waals surface area contributed by atoms with E-state index in [0.717, 1.165) is 42.4 Å². The van der Waals surface area contributed by atoms with Gasteiger partial charge in [-0.3, -0.25) is 0 Å². The summed E-state index contributed by atoms with van der Waals surface area (Å²) in [5, 5.41) is 7.40. The van der Waals surface area contributed by atoms with Gasteiger partial charge in [0.2, 0.25) is 0 Å². The van der Waals surface area contributed by atoms with Gasteiger partial charge in [0.25, 0.3) is 0 Å². The highest BCUT2D eigenvalue weighted by molar-refractivity contribution is 7.87. The molecule has 0 spiro atoms. The fourth-order valence-electron chi connectivity index (χ4n) is 4.54. The molecule has 6 rings (SSSR count). The molecule has 2 atom stereocenters. The van der Waals surface area contributed by atoms with Gasteiger partial charge in [-0.25, -0.2) is 0 Å². The van der Waals surface area contributed by atoms with Crippen LogP contribution in [0.15, 0.2) is 84.9 Å². The van der Waals surface area contributed by atoms with Crippen LogP contribution in [0.1, 0.15) is 0 Å². The summed E-state index contributed by atoms with van der Waals surface area (Å²) in [6, 6.07) is 27.3. The lowest BCUT2D eigenvalue weighted by Crippen LogP contribution is -2.20. The first-order chi connectivity index (χ1) is 13.6. The van der Waals surface area contributed by atoms with Crippen molar-refractivity contribution in [1.82, 2.24) is 0 Å². The zero-order valence-corrected chi connectivity index (χ0v) is 16.7. The van der Waals surface area contributed by atoms with Crippen molar-refractivity contribution in [3.63, 3.8) is 0 Å². The lowest BCUT2D eigenvalue weighted by molar-refractivity contribution is 0.593. The molecule has 2 heterocycles. The highest BCUT2D eigenvalue weighted by atomic mass is 31.2. The smallest absolute Gasteiger partial charge is 0.165 e. The lowest BCUT2D eigenvalue weighted by atomic mass is 10.1. The first kappa shape index (κ1) is 16.3. The van der Waals surface area contributed by atoms with Gasteiger partial charge in [-0.1, -0.05) is 72.8 Å². The fraction of sp³-hybridized carbons (Fsp3) is 0. The average molecular weight is 398 g/mol. The van der Waals surface area contributed by atoms with Crippen LogP contribution < -0.4 is 31.7 Å². The third kappa shape index (κ3) is 1.95. The number of benzene rings is 4. The molecule has 0 N–H and O–H groups in total. The second-order valence-corrected chi connectivity index (χ2v) is 12.5. The molecule has 28 heavy (non-hydrogen) atoms. The highest BCUT2D eigenvalue weighted by Crippen LogP contribution is 2.53. The molecule has 0 saturated heterocycles. The first-order valence-electron chi connectivity index (χ1n) is 9.25. The Balaban J connectivity index is 1.71. The molecule has 0 aliphatic carbocycles. The van der Waals surface area contributed by atoms with Crippen LogP contribution in [0.3, 0.4) is 0 Å². The maximum atomic E-state index is 14.1. The van der Waals surface area contributed by atoms with Crippen LogP contribution in [0.25, 0.3) is 22.4 Å². The van der Waals surface area contributed by atoms with E-state index in [-0.39, 0.29) is 0 Å². The SMILES string of the molecule is O=P1(c2ccccc2)C=c2ccc3c4c(ccc1c24)=CP3(=O)c1ccccc1. The molecule has 0 amide bonds. The molecule has 2 unspecified atom stereocenters. The zero-order chi connectivity index (χ0) is 18.9. The maximum absolute atomic E-state index is 14.1. The number of hydrogen-bond donors (Lipinski definition) is 0. The Morgan fingerprint density at radius 3 is 1.25 bits per heavy atom. The van der Waals surface area contributed by atoms with Gasteiger partial charge in [0, 0.05) is 32.0 Å². The van der Waals surface area contributed by atoms with Crippen molar-refractivity contribution in [2.45, 2.75) is 0 Å². The van der Waals surface area contributed by atoms with Gasteiger partial charge < -0.3 is 9.13 Å².